The number of benzene rings is 1. The van der Waals surface area contributed by atoms with Crippen molar-refractivity contribution in [1.29, 1.82) is 0 Å². The van der Waals surface area contributed by atoms with Gasteiger partial charge >= 0.3 is 12.1 Å². The van der Waals surface area contributed by atoms with Crippen molar-refractivity contribution in [3.05, 3.63) is 51.3 Å². The van der Waals surface area contributed by atoms with Gasteiger partial charge in [-0.2, -0.15) is 23.0 Å². The molecule has 0 unspecified atom stereocenters. The molecule has 3 rings (SSSR count). The first-order valence-corrected chi connectivity index (χ1v) is 9.73. The van der Waals surface area contributed by atoms with Crippen molar-refractivity contribution < 1.29 is 32.2 Å². The third-order valence-corrected chi connectivity index (χ3v) is 4.98. The minimum atomic E-state index is -4.55. The zero-order valence-corrected chi connectivity index (χ0v) is 17.1. The van der Waals surface area contributed by atoms with Crippen molar-refractivity contribution in [2.45, 2.75) is 13.1 Å². The van der Waals surface area contributed by atoms with Crippen LogP contribution < -0.4 is 10.9 Å². The molecule has 0 radical (unpaired) electrons. The maximum Gasteiger partial charge on any atom is 0.416 e. The molecule has 0 aliphatic rings. The molecular weight excluding hydrogens is 439 g/mol. The topological polar surface area (TPSA) is 99.5 Å². The van der Waals surface area contributed by atoms with E-state index >= 15 is 0 Å². The first-order chi connectivity index (χ1) is 14.7. The zero-order valence-electron chi connectivity index (χ0n) is 16.3. The van der Waals surface area contributed by atoms with E-state index < -0.39 is 29.2 Å². The first-order valence-electron chi connectivity index (χ1n) is 8.85. The molecule has 0 saturated heterocycles. The Labute approximate surface area is 177 Å². The third kappa shape index (κ3) is 4.59. The summed E-state index contributed by atoms with van der Waals surface area (Å²) < 4.78 is 49.1. The normalized spacial score (nSPS) is 11.5. The number of ether oxygens (including phenoxy) is 2. The number of fused-ring (bicyclic) bond motifs is 1. The van der Waals surface area contributed by atoms with E-state index in [1.807, 2.05) is 0 Å². The summed E-state index contributed by atoms with van der Waals surface area (Å²) in [4.78, 5) is 37.5. The van der Waals surface area contributed by atoms with Crippen molar-refractivity contribution in [3.8, 4) is 5.69 Å². The van der Waals surface area contributed by atoms with Crippen LogP contribution in [-0.2, 0) is 20.4 Å². The molecular formula is C19H16F3N3O5S. The minimum Gasteiger partial charge on any atom is -0.461 e. The lowest BCUT2D eigenvalue weighted by atomic mass is 10.2. The largest absolute Gasteiger partial charge is 0.461 e. The maximum absolute atomic E-state index is 13.1. The highest BCUT2D eigenvalue weighted by molar-refractivity contribution is 7.16. The van der Waals surface area contributed by atoms with Crippen LogP contribution in [0.1, 0.15) is 23.0 Å². The quantitative estimate of drug-likeness (QED) is 0.573. The molecule has 1 amide bonds. The number of carbonyl (C=O) groups excluding carboxylic acids is 2. The Morgan fingerprint density at radius 1 is 1.23 bits per heavy atom. The van der Waals surface area contributed by atoms with E-state index in [0.29, 0.717) is 0 Å². The molecule has 1 aromatic carbocycles. The fraction of sp³-hybridized carbons (Fsp3) is 0.263. The molecule has 2 heterocycles. The Morgan fingerprint density at radius 3 is 2.48 bits per heavy atom. The van der Waals surface area contributed by atoms with Crippen LogP contribution >= 0.6 is 11.3 Å². The van der Waals surface area contributed by atoms with E-state index in [1.165, 1.54) is 12.5 Å². The number of rotatable bonds is 6. The number of amides is 1. The highest BCUT2D eigenvalue weighted by Gasteiger charge is 2.30. The van der Waals surface area contributed by atoms with Crippen molar-refractivity contribution in [2.75, 3.05) is 25.6 Å². The molecule has 0 aliphatic heterocycles. The number of nitrogens with zero attached hydrogens (tertiary/aromatic N) is 2. The lowest BCUT2D eigenvalue weighted by Gasteiger charge is -2.11. The molecule has 8 nitrogen and oxygen atoms in total. The summed E-state index contributed by atoms with van der Waals surface area (Å²) in [5.41, 5.74) is -1.83. The number of hydrogen-bond donors (Lipinski definition) is 1. The van der Waals surface area contributed by atoms with Gasteiger partial charge in [0.05, 0.1) is 23.2 Å². The molecule has 3 aromatic rings. The highest BCUT2D eigenvalue weighted by Crippen LogP contribution is 2.32. The van der Waals surface area contributed by atoms with Gasteiger partial charge in [-0.1, -0.05) is 0 Å². The molecule has 0 fully saturated rings. The number of esters is 1. The van der Waals surface area contributed by atoms with Crippen molar-refractivity contribution >= 4 is 39.0 Å². The minimum absolute atomic E-state index is 0.00539. The Morgan fingerprint density at radius 2 is 1.90 bits per heavy atom. The fourth-order valence-corrected chi connectivity index (χ4v) is 3.71. The number of hydrogen-bond acceptors (Lipinski definition) is 7. The average Bonchev–Trinajstić information content (AvgIpc) is 3.12. The van der Waals surface area contributed by atoms with Gasteiger partial charge in [0, 0.05) is 17.9 Å². The van der Waals surface area contributed by atoms with Crippen LogP contribution in [0.5, 0.6) is 0 Å². The number of alkyl halides is 3. The monoisotopic (exact) mass is 455 g/mol. The van der Waals surface area contributed by atoms with E-state index in [-0.39, 0.29) is 40.4 Å². The molecule has 31 heavy (non-hydrogen) atoms. The number of anilines is 1. The number of carbonyl (C=O) groups is 2. The van der Waals surface area contributed by atoms with Crippen molar-refractivity contribution in [1.82, 2.24) is 9.78 Å². The lowest BCUT2D eigenvalue weighted by Crippen LogP contribution is -2.26. The second kappa shape index (κ2) is 8.86. The van der Waals surface area contributed by atoms with Crippen LogP contribution in [0.4, 0.5) is 18.2 Å². The number of nitrogens with one attached hydrogen (secondary N) is 1. The number of methoxy groups -OCH3 is 1. The maximum atomic E-state index is 13.1. The smallest absolute Gasteiger partial charge is 0.416 e. The van der Waals surface area contributed by atoms with Gasteiger partial charge in [0.15, 0.2) is 5.69 Å². The summed E-state index contributed by atoms with van der Waals surface area (Å²) in [6, 6.07) is 3.72. The van der Waals surface area contributed by atoms with E-state index in [9.17, 15) is 27.6 Å². The molecule has 0 saturated carbocycles. The average molecular weight is 455 g/mol. The molecule has 2 aromatic heterocycles. The van der Waals surface area contributed by atoms with Gasteiger partial charge in [0.1, 0.15) is 11.6 Å². The van der Waals surface area contributed by atoms with Gasteiger partial charge in [-0.25, -0.2) is 4.79 Å². The summed E-state index contributed by atoms with van der Waals surface area (Å²) in [6.45, 7) is 1.37. The third-order valence-electron chi connectivity index (χ3n) is 4.09. The Hall–Kier alpha value is -3.25. The predicted molar refractivity (Wildman–Crippen MR) is 107 cm³/mol. The molecule has 0 atom stereocenters. The van der Waals surface area contributed by atoms with Crippen LogP contribution in [0.25, 0.3) is 16.5 Å². The van der Waals surface area contributed by atoms with Gasteiger partial charge in [-0.3, -0.25) is 9.59 Å². The summed E-state index contributed by atoms with van der Waals surface area (Å²) in [6.07, 6.45) is -4.55. The highest BCUT2D eigenvalue weighted by atomic mass is 32.1. The van der Waals surface area contributed by atoms with Crippen LogP contribution in [0.3, 0.4) is 0 Å². The first kappa shape index (κ1) is 22.4. The Bertz CT molecular complexity index is 1190. The van der Waals surface area contributed by atoms with Crippen LogP contribution in [-0.4, -0.2) is 42.0 Å². The number of thiophene rings is 1. The zero-order chi connectivity index (χ0) is 22.8. The summed E-state index contributed by atoms with van der Waals surface area (Å²) >= 11 is 0.993. The molecule has 0 bridgehead atoms. The molecule has 1 N–H and O–H groups in total. The summed E-state index contributed by atoms with van der Waals surface area (Å²) in [7, 11) is 1.33. The van der Waals surface area contributed by atoms with Crippen molar-refractivity contribution in [3.63, 3.8) is 0 Å². The van der Waals surface area contributed by atoms with E-state index in [2.05, 4.69) is 10.4 Å². The predicted octanol–water partition coefficient (Wildman–Crippen LogP) is 3.23. The molecule has 164 valence electrons. The van der Waals surface area contributed by atoms with Crippen LogP contribution in [0.2, 0.25) is 0 Å². The summed E-state index contributed by atoms with van der Waals surface area (Å²) in [5.74, 6) is -1.35. The van der Waals surface area contributed by atoms with Gasteiger partial charge in [0.25, 0.3) is 11.5 Å². The Kier molecular flexibility index (Phi) is 6.41. The van der Waals surface area contributed by atoms with E-state index in [0.717, 1.165) is 40.3 Å². The number of aromatic nitrogens is 2. The second-order valence-corrected chi connectivity index (χ2v) is 7.05. The second-order valence-electron chi connectivity index (χ2n) is 6.17. The van der Waals surface area contributed by atoms with Gasteiger partial charge < -0.3 is 14.8 Å². The lowest BCUT2D eigenvalue weighted by molar-refractivity contribution is -0.137. The van der Waals surface area contributed by atoms with E-state index in [1.54, 1.807) is 6.92 Å². The molecule has 12 heteroatoms. The van der Waals surface area contributed by atoms with Crippen molar-refractivity contribution in [2.24, 2.45) is 0 Å². The van der Waals surface area contributed by atoms with Gasteiger partial charge in [0.2, 0.25) is 0 Å². The van der Waals surface area contributed by atoms with Gasteiger partial charge in [-0.15, -0.1) is 11.3 Å². The van der Waals surface area contributed by atoms with E-state index in [4.69, 9.17) is 9.47 Å². The summed E-state index contributed by atoms with van der Waals surface area (Å²) in [5, 5.41) is 8.31. The standard InChI is InChI=1S/C19H16F3N3O5S/c1-3-30-18(28)15-12-9-31-16(23-13(26)8-29-2)14(12)17(27)25(24-15)11-6-4-10(5-7-11)19(20,21)22/h4-7,9H,3,8H2,1-2H3,(H,23,26). The molecule has 0 aliphatic carbocycles. The SMILES string of the molecule is CCOC(=O)c1nn(-c2ccc(C(F)(F)F)cc2)c(=O)c2c(NC(=O)COC)scc12. The molecule has 0 spiro atoms. The fourth-order valence-electron chi connectivity index (χ4n) is 2.75. The Balaban J connectivity index is 2.21. The van der Waals surface area contributed by atoms with Crippen LogP contribution in [0, 0.1) is 0 Å². The van der Waals surface area contributed by atoms with Gasteiger partial charge in [-0.05, 0) is 31.2 Å². The van der Waals surface area contributed by atoms with Crippen LogP contribution in [0.15, 0.2) is 34.4 Å². The number of halogens is 3.